The molecule has 15 heavy (non-hydrogen) atoms. The number of aromatic nitrogens is 1. The second-order valence-electron chi connectivity index (χ2n) is 2.99. The third-order valence-corrected chi connectivity index (χ3v) is 3.82. The number of rotatable bonds is 3. The van der Waals surface area contributed by atoms with Crippen LogP contribution in [-0.2, 0) is 6.54 Å². The molecule has 0 spiro atoms. The first kappa shape index (κ1) is 10.4. The van der Waals surface area contributed by atoms with Crippen molar-refractivity contribution in [3.8, 4) is 0 Å². The zero-order chi connectivity index (χ0) is 10.7. The van der Waals surface area contributed by atoms with E-state index in [2.05, 4.69) is 26.2 Å². The van der Waals surface area contributed by atoms with Crippen LogP contribution in [0.1, 0.15) is 4.88 Å². The largest absolute Gasteiger partial charge is 0.384 e. The molecule has 3 nitrogen and oxygen atoms in total. The summed E-state index contributed by atoms with van der Waals surface area (Å²) in [7, 11) is 0. The molecule has 2 rings (SSSR count). The number of hydrogen-bond donors (Lipinski definition) is 2. The lowest BCUT2D eigenvalue weighted by molar-refractivity contribution is 1.14. The molecular formula is C10H10BrN3S. The molecule has 0 unspecified atom stereocenters. The van der Waals surface area contributed by atoms with E-state index in [9.17, 15) is 0 Å². The number of halogens is 1. The summed E-state index contributed by atoms with van der Waals surface area (Å²) in [5.74, 6) is 1.33. The van der Waals surface area contributed by atoms with E-state index in [1.807, 2.05) is 23.6 Å². The molecule has 0 saturated heterocycles. The Balaban J connectivity index is 2.02. The first-order chi connectivity index (χ1) is 7.25. The molecule has 0 saturated carbocycles. The summed E-state index contributed by atoms with van der Waals surface area (Å²) in [6, 6.07) is 7.59. The minimum atomic E-state index is 0.533. The lowest BCUT2D eigenvalue weighted by Crippen LogP contribution is -2.01. The van der Waals surface area contributed by atoms with Crippen molar-refractivity contribution in [2.75, 3.05) is 11.1 Å². The van der Waals surface area contributed by atoms with Gasteiger partial charge in [-0.2, -0.15) is 0 Å². The third kappa shape index (κ3) is 2.70. The Morgan fingerprint density at radius 2 is 2.27 bits per heavy atom. The second kappa shape index (κ2) is 4.63. The second-order valence-corrected chi connectivity index (χ2v) is 4.85. The van der Waals surface area contributed by atoms with E-state index >= 15 is 0 Å². The van der Waals surface area contributed by atoms with Gasteiger partial charge in [-0.3, -0.25) is 0 Å². The number of nitrogens with two attached hydrogens (primary N) is 1. The van der Waals surface area contributed by atoms with Crippen LogP contribution in [0.2, 0.25) is 0 Å². The van der Waals surface area contributed by atoms with E-state index in [0.717, 1.165) is 16.8 Å². The molecule has 0 bridgehead atoms. The van der Waals surface area contributed by atoms with Gasteiger partial charge in [0.1, 0.15) is 11.6 Å². The maximum absolute atomic E-state index is 5.58. The molecule has 0 aliphatic heterocycles. The molecule has 5 heteroatoms. The molecule has 2 heterocycles. The molecule has 0 aliphatic carbocycles. The summed E-state index contributed by atoms with van der Waals surface area (Å²) in [6.45, 7) is 0.759. The van der Waals surface area contributed by atoms with Gasteiger partial charge in [-0.25, -0.2) is 4.98 Å². The summed E-state index contributed by atoms with van der Waals surface area (Å²) in [5.41, 5.74) is 5.58. The zero-order valence-corrected chi connectivity index (χ0v) is 10.3. The standard InChI is InChI=1S/C10H10BrN3S/c11-7-4-5-15-8(7)6-13-10-3-1-2-9(12)14-10/h1-5H,6H2,(H3,12,13,14). The van der Waals surface area contributed by atoms with E-state index in [0.29, 0.717) is 5.82 Å². The maximum Gasteiger partial charge on any atom is 0.128 e. The van der Waals surface area contributed by atoms with Gasteiger partial charge in [0.05, 0.1) is 6.54 Å². The molecule has 3 N–H and O–H groups in total. The first-order valence-corrected chi connectivity index (χ1v) is 6.11. The van der Waals surface area contributed by atoms with Crippen molar-refractivity contribution in [2.45, 2.75) is 6.54 Å². The SMILES string of the molecule is Nc1cccc(NCc2sccc2Br)n1. The molecule has 0 atom stereocenters. The van der Waals surface area contributed by atoms with Crippen LogP contribution in [0.3, 0.4) is 0 Å². The van der Waals surface area contributed by atoms with Crippen LogP contribution in [-0.4, -0.2) is 4.98 Å². The monoisotopic (exact) mass is 283 g/mol. The number of thiophene rings is 1. The van der Waals surface area contributed by atoms with E-state index in [4.69, 9.17) is 5.73 Å². The number of nitrogens with zero attached hydrogens (tertiary/aromatic N) is 1. The van der Waals surface area contributed by atoms with Crippen molar-refractivity contribution in [1.82, 2.24) is 4.98 Å². The highest BCUT2D eigenvalue weighted by Crippen LogP contribution is 2.23. The first-order valence-electron chi connectivity index (χ1n) is 4.44. The molecule has 0 radical (unpaired) electrons. The van der Waals surface area contributed by atoms with Gasteiger partial charge in [-0.15, -0.1) is 11.3 Å². The van der Waals surface area contributed by atoms with Gasteiger partial charge in [-0.05, 0) is 39.5 Å². The van der Waals surface area contributed by atoms with Crippen LogP contribution in [0.5, 0.6) is 0 Å². The van der Waals surface area contributed by atoms with Crippen molar-refractivity contribution in [3.63, 3.8) is 0 Å². The minimum Gasteiger partial charge on any atom is -0.384 e. The Labute approximate surface area is 100 Å². The van der Waals surface area contributed by atoms with Crippen molar-refractivity contribution < 1.29 is 0 Å². The van der Waals surface area contributed by atoms with Crippen LogP contribution in [0.15, 0.2) is 34.1 Å². The minimum absolute atomic E-state index is 0.533. The summed E-state index contributed by atoms with van der Waals surface area (Å²) >= 11 is 5.18. The van der Waals surface area contributed by atoms with Crippen LogP contribution in [0, 0.1) is 0 Å². The fourth-order valence-electron chi connectivity index (χ4n) is 1.17. The van der Waals surface area contributed by atoms with Gasteiger partial charge >= 0.3 is 0 Å². The van der Waals surface area contributed by atoms with Crippen LogP contribution in [0.4, 0.5) is 11.6 Å². The van der Waals surface area contributed by atoms with E-state index < -0.39 is 0 Å². The zero-order valence-electron chi connectivity index (χ0n) is 7.90. The topological polar surface area (TPSA) is 50.9 Å². The van der Waals surface area contributed by atoms with Crippen molar-refractivity contribution >= 4 is 38.9 Å². The number of anilines is 2. The van der Waals surface area contributed by atoms with Crippen LogP contribution in [0.25, 0.3) is 0 Å². The Morgan fingerprint density at radius 1 is 1.40 bits per heavy atom. The summed E-state index contributed by atoms with van der Waals surface area (Å²) in [6.07, 6.45) is 0. The summed E-state index contributed by atoms with van der Waals surface area (Å²) in [5, 5.41) is 5.27. The third-order valence-electron chi connectivity index (χ3n) is 1.89. The van der Waals surface area contributed by atoms with Gasteiger partial charge in [0.2, 0.25) is 0 Å². The summed E-state index contributed by atoms with van der Waals surface area (Å²) < 4.78 is 1.13. The van der Waals surface area contributed by atoms with Gasteiger partial charge in [-0.1, -0.05) is 6.07 Å². The average molecular weight is 284 g/mol. The van der Waals surface area contributed by atoms with Gasteiger partial charge in [0.15, 0.2) is 0 Å². The van der Waals surface area contributed by atoms with E-state index in [1.165, 1.54) is 4.88 Å². The number of hydrogen-bond acceptors (Lipinski definition) is 4. The quantitative estimate of drug-likeness (QED) is 0.910. The highest BCUT2D eigenvalue weighted by Gasteiger charge is 2.01. The molecule has 0 fully saturated rings. The Hall–Kier alpha value is -1.07. The Bertz CT molecular complexity index is 455. The average Bonchev–Trinajstić information content (AvgIpc) is 2.61. The predicted molar refractivity (Wildman–Crippen MR) is 68.0 cm³/mol. The lowest BCUT2D eigenvalue weighted by atomic mass is 10.4. The van der Waals surface area contributed by atoms with Crippen LogP contribution < -0.4 is 11.1 Å². The van der Waals surface area contributed by atoms with E-state index in [-0.39, 0.29) is 0 Å². The molecule has 0 aliphatic rings. The number of nitrogens with one attached hydrogen (secondary N) is 1. The Kier molecular flexibility index (Phi) is 3.23. The van der Waals surface area contributed by atoms with Gasteiger partial charge < -0.3 is 11.1 Å². The van der Waals surface area contributed by atoms with Crippen molar-refractivity contribution in [1.29, 1.82) is 0 Å². The van der Waals surface area contributed by atoms with Crippen LogP contribution >= 0.6 is 27.3 Å². The van der Waals surface area contributed by atoms with Gasteiger partial charge in [0, 0.05) is 9.35 Å². The molecular weight excluding hydrogens is 274 g/mol. The number of pyridine rings is 1. The van der Waals surface area contributed by atoms with Gasteiger partial charge in [0.25, 0.3) is 0 Å². The molecule has 0 amide bonds. The smallest absolute Gasteiger partial charge is 0.128 e. The molecule has 2 aromatic rings. The molecule has 0 aromatic carbocycles. The van der Waals surface area contributed by atoms with E-state index in [1.54, 1.807) is 17.4 Å². The predicted octanol–water partition coefficient (Wildman–Crippen LogP) is 3.10. The maximum atomic E-state index is 5.58. The van der Waals surface area contributed by atoms with Crippen molar-refractivity contribution in [3.05, 3.63) is 39.0 Å². The fraction of sp³-hybridized carbons (Fsp3) is 0.100. The molecule has 78 valence electrons. The normalized spacial score (nSPS) is 10.2. The summed E-state index contributed by atoms with van der Waals surface area (Å²) in [4.78, 5) is 5.41. The van der Waals surface area contributed by atoms with Crippen molar-refractivity contribution in [2.24, 2.45) is 0 Å². The fourth-order valence-corrected chi connectivity index (χ4v) is 2.60. The molecule has 2 aromatic heterocycles. The lowest BCUT2D eigenvalue weighted by Gasteiger charge is -2.04. The highest BCUT2D eigenvalue weighted by atomic mass is 79.9. The highest BCUT2D eigenvalue weighted by molar-refractivity contribution is 9.10. The Morgan fingerprint density at radius 3 is 2.93 bits per heavy atom. The number of nitrogen functional groups attached to an aromatic ring is 1.